The van der Waals surface area contributed by atoms with Crippen molar-refractivity contribution in [1.82, 2.24) is 9.80 Å². The van der Waals surface area contributed by atoms with Crippen LogP contribution >= 0.6 is 0 Å². The molecule has 0 aromatic carbocycles. The van der Waals surface area contributed by atoms with Gasteiger partial charge in [0.05, 0.1) is 19.3 Å². The summed E-state index contributed by atoms with van der Waals surface area (Å²) < 4.78 is 11.4. The third-order valence-electron chi connectivity index (χ3n) is 5.74. The number of amides is 1. The van der Waals surface area contributed by atoms with Crippen molar-refractivity contribution in [2.24, 2.45) is 0 Å². The Kier molecular flexibility index (Phi) is 4.79. The Bertz CT molecular complexity index is 738. The van der Waals surface area contributed by atoms with E-state index in [9.17, 15) is 14.4 Å². The quantitative estimate of drug-likeness (QED) is 0.685. The van der Waals surface area contributed by atoms with Crippen molar-refractivity contribution in [3.63, 3.8) is 0 Å². The summed E-state index contributed by atoms with van der Waals surface area (Å²) in [5, 5.41) is 0. The monoisotopic (exact) mass is 362 g/mol. The third-order valence-corrected chi connectivity index (χ3v) is 5.74. The molecule has 1 saturated heterocycles. The number of piperazine rings is 1. The summed E-state index contributed by atoms with van der Waals surface area (Å²) in [4.78, 5) is 42.5. The third kappa shape index (κ3) is 2.53. The van der Waals surface area contributed by atoms with Crippen LogP contribution in [0.1, 0.15) is 27.2 Å². The fourth-order valence-corrected chi connectivity index (χ4v) is 4.06. The van der Waals surface area contributed by atoms with Gasteiger partial charge in [-0.3, -0.25) is 19.3 Å². The fraction of sp³-hybridized carbons (Fsp3) is 0.632. The maximum atomic E-state index is 13.1. The van der Waals surface area contributed by atoms with Gasteiger partial charge in [0, 0.05) is 30.3 Å². The van der Waals surface area contributed by atoms with Crippen LogP contribution in [0.15, 0.2) is 22.5 Å². The first-order valence-corrected chi connectivity index (χ1v) is 8.95. The molecule has 1 aliphatic carbocycles. The van der Waals surface area contributed by atoms with Gasteiger partial charge in [-0.25, -0.2) is 0 Å². The van der Waals surface area contributed by atoms with Crippen molar-refractivity contribution < 1.29 is 23.9 Å². The van der Waals surface area contributed by atoms with Gasteiger partial charge in [-0.1, -0.05) is 6.92 Å². The largest absolute Gasteiger partial charge is 0.492 e. The average Bonchev–Trinajstić information content (AvgIpc) is 2.60. The highest BCUT2D eigenvalue weighted by Crippen LogP contribution is 2.40. The van der Waals surface area contributed by atoms with E-state index in [1.807, 2.05) is 25.8 Å². The van der Waals surface area contributed by atoms with Crippen molar-refractivity contribution in [3.05, 3.63) is 22.5 Å². The molecule has 26 heavy (non-hydrogen) atoms. The van der Waals surface area contributed by atoms with E-state index >= 15 is 0 Å². The fourth-order valence-electron chi connectivity index (χ4n) is 4.06. The standard InChI is InChI=1S/C19H26N2O5/c1-7-9(2)26-18-13-12(16(23)17(25-6)10(3)15(13)22)11-8-20(4)19(24)14(18)21(11)5/h9,11,14,18H,7-8H2,1-6H3/t9?,11-,14-,18-/m0/s1. The maximum Gasteiger partial charge on any atom is 0.242 e. The topological polar surface area (TPSA) is 76.1 Å². The van der Waals surface area contributed by atoms with E-state index in [1.54, 1.807) is 18.9 Å². The second-order valence-electron chi connectivity index (χ2n) is 7.26. The summed E-state index contributed by atoms with van der Waals surface area (Å²) in [5.41, 5.74) is 1.02. The van der Waals surface area contributed by atoms with Crippen LogP contribution in [0.3, 0.4) is 0 Å². The van der Waals surface area contributed by atoms with Crippen molar-refractivity contribution in [3.8, 4) is 0 Å². The molecule has 0 aromatic heterocycles. The summed E-state index contributed by atoms with van der Waals surface area (Å²) in [7, 11) is 4.93. The van der Waals surface area contributed by atoms with Crippen molar-refractivity contribution in [2.45, 2.75) is 51.5 Å². The van der Waals surface area contributed by atoms with Crippen LogP contribution in [0.25, 0.3) is 0 Å². The Morgan fingerprint density at radius 2 is 1.81 bits per heavy atom. The smallest absolute Gasteiger partial charge is 0.242 e. The molecule has 4 atom stereocenters. The van der Waals surface area contributed by atoms with Crippen molar-refractivity contribution >= 4 is 17.5 Å². The van der Waals surface area contributed by atoms with Crippen LogP contribution in [0, 0.1) is 0 Å². The molecule has 2 aliphatic heterocycles. The Labute approximate surface area is 153 Å². The molecule has 3 rings (SSSR count). The van der Waals surface area contributed by atoms with E-state index in [0.717, 1.165) is 6.42 Å². The number of hydrogen-bond acceptors (Lipinski definition) is 6. The first-order chi connectivity index (χ1) is 12.2. The van der Waals surface area contributed by atoms with E-state index in [1.165, 1.54) is 7.11 Å². The normalized spacial score (nSPS) is 30.8. The highest BCUT2D eigenvalue weighted by Gasteiger charge is 2.55. The minimum absolute atomic E-state index is 0.0856. The molecule has 7 nitrogen and oxygen atoms in total. The van der Waals surface area contributed by atoms with Gasteiger partial charge in [0.2, 0.25) is 11.7 Å². The van der Waals surface area contributed by atoms with Gasteiger partial charge in [0.1, 0.15) is 12.1 Å². The lowest BCUT2D eigenvalue weighted by molar-refractivity contribution is -0.153. The summed E-state index contributed by atoms with van der Waals surface area (Å²) in [6.45, 7) is 5.83. The average molecular weight is 362 g/mol. The number of hydrogen-bond donors (Lipinski definition) is 0. The van der Waals surface area contributed by atoms with Crippen molar-refractivity contribution in [1.29, 1.82) is 0 Å². The van der Waals surface area contributed by atoms with Gasteiger partial charge in [0.25, 0.3) is 0 Å². The van der Waals surface area contributed by atoms with Crippen LogP contribution in [-0.2, 0) is 23.9 Å². The molecule has 1 unspecified atom stereocenters. The lowest BCUT2D eigenvalue weighted by Crippen LogP contribution is -2.69. The van der Waals surface area contributed by atoms with Crippen LogP contribution in [-0.4, -0.2) is 79.3 Å². The number of carbonyl (C=O) groups excluding carboxylic acids is 3. The Morgan fingerprint density at radius 3 is 2.38 bits per heavy atom. The van der Waals surface area contributed by atoms with Gasteiger partial charge >= 0.3 is 0 Å². The highest BCUT2D eigenvalue weighted by atomic mass is 16.5. The summed E-state index contributed by atoms with van der Waals surface area (Å²) in [6.07, 6.45) is -0.167. The minimum Gasteiger partial charge on any atom is -0.492 e. The van der Waals surface area contributed by atoms with E-state index in [2.05, 4.69) is 0 Å². The van der Waals surface area contributed by atoms with E-state index in [0.29, 0.717) is 17.7 Å². The SMILES string of the molecule is CCC(C)O[C@H]1C2=C(C(=O)C(OC)=C(C)C2=O)[C@@H]2CN(C)C(=O)[C@H]1N2C. The molecule has 0 radical (unpaired) electrons. The second kappa shape index (κ2) is 6.63. The molecule has 142 valence electrons. The molecule has 0 saturated carbocycles. The molecule has 0 N–H and O–H groups in total. The second-order valence-corrected chi connectivity index (χ2v) is 7.26. The molecule has 2 heterocycles. The van der Waals surface area contributed by atoms with Gasteiger partial charge in [-0.15, -0.1) is 0 Å². The molecular formula is C19H26N2O5. The first-order valence-electron chi connectivity index (χ1n) is 8.95. The van der Waals surface area contributed by atoms with Gasteiger partial charge < -0.3 is 14.4 Å². The molecule has 7 heteroatoms. The number of nitrogens with zero attached hydrogens (tertiary/aromatic N) is 2. The van der Waals surface area contributed by atoms with E-state index < -0.39 is 12.1 Å². The molecule has 3 aliphatic rings. The zero-order valence-corrected chi connectivity index (χ0v) is 16.2. The number of Topliss-reactive ketones (excluding diaryl/α,β-unsaturated/α-hetero) is 2. The maximum absolute atomic E-state index is 13.1. The summed E-state index contributed by atoms with van der Waals surface area (Å²) in [5.74, 6) is -0.550. The summed E-state index contributed by atoms with van der Waals surface area (Å²) in [6, 6.07) is -0.954. The number of methoxy groups -OCH3 is 1. The number of allylic oxidation sites excluding steroid dienone is 2. The van der Waals surface area contributed by atoms with Crippen LogP contribution < -0.4 is 0 Å². The molecule has 0 aromatic rings. The minimum atomic E-state index is -0.763. The summed E-state index contributed by atoms with van der Waals surface area (Å²) >= 11 is 0. The van der Waals surface area contributed by atoms with Gasteiger partial charge in [-0.05, 0) is 27.3 Å². The number of carbonyl (C=O) groups is 3. The predicted octanol–water partition coefficient (Wildman–Crippen LogP) is 0.694. The number of ketones is 2. The zero-order valence-electron chi connectivity index (χ0n) is 16.2. The van der Waals surface area contributed by atoms with Gasteiger partial charge in [0.15, 0.2) is 11.5 Å². The van der Waals surface area contributed by atoms with Gasteiger partial charge in [-0.2, -0.15) is 0 Å². The Balaban J connectivity index is 2.20. The molecular weight excluding hydrogens is 336 g/mol. The Hall–Kier alpha value is -1.99. The molecule has 0 spiro atoms. The first kappa shape index (κ1) is 18.8. The number of fused-ring (bicyclic) bond motifs is 3. The van der Waals surface area contributed by atoms with E-state index in [-0.39, 0.29) is 41.0 Å². The van der Waals surface area contributed by atoms with Crippen LogP contribution in [0.4, 0.5) is 0 Å². The van der Waals surface area contributed by atoms with Crippen LogP contribution in [0.2, 0.25) is 0 Å². The molecule has 1 fully saturated rings. The van der Waals surface area contributed by atoms with Crippen molar-refractivity contribution in [2.75, 3.05) is 27.7 Å². The number of likely N-dealkylation sites (N-methyl/N-ethyl adjacent to an activating group) is 2. The van der Waals surface area contributed by atoms with E-state index in [4.69, 9.17) is 9.47 Å². The zero-order chi connectivity index (χ0) is 19.3. The van der Waals surface area contributed by atoms with Crippen LogP contribution in [0.5, 0.6) is 0 Å². The Morgan fingerprint density at radius 1 is 1.15 bits per heavy atom. The lowest BCUT2D eigenvalue weighted by Gasteiger charge is -2.51. The predicted molar refractivity (Wildman–Crippen MR) is 94.4 cm³/mol. The number of rotatable bonds is 4. The molecule has 1 amide bonds. The lowest BCUT2D eigenvalue weighted by atomic mass is 9.74. The number of ether oxygens (including phenoxy) is 2. The highest BCUT2D eigenvalue weighted by molar-refractivity contribution is 6.25. The molecule has 2 bridgehead atoms.